The molecule has 0 aromatic heterocycles. The monoisotopic (exact) mass is 392 g/mol. The van der Waals surface area contributed by atoms with Crippen molar-refractivity contribution < 1.29 is 28.6 Å². The lowest BCUT2D eigenvalue weighted by molar-refractivity contribution is -0.127. The van der Waals surface area contributed by atoms with E-state index in [1.165, 1.54) is 27.2 Å². The van der Waals surface area contributed by atoms with E-state index in [1.54, 1.807) is 32.9 Å². The quantitative estimate of drug-likeness (QED) is 0.546. The molecule has 154 valence electrons. The van der Waals surface area contributed by atoms with E-state index in [9.17, 15) is 14.4 Å². The van der Waals surface area contributed by atoms with E-state index in [4.69, 9.17) is 14.2 Å². The Kier molecular flexibility index (Phi) is 8.03. The molecule has 1 aromatic rings. The van der Waals surface area contributed by atoms with Crippen LogP contribution in [0.3, 0.4) is 0 Å². The van der Waals surface area contributed by atoms with Gasteiger partial charge in [0.1, 0.15) is 0 Å². The number of hydrogen-bond acceptors (Lipinski definition) is 6. The van der Waals surface area contributed by atoms with E-state index in [0.717, 1.165) is 0 Å². The smallest absolute Gasteiger partial charge is 0.339 e. The van der Waals surface area contributed by atoms with Crippen molar-refractivity contribution in [2.75, 3.05) is 14.2 Å². The molecule has 1 unspecified atom stereocenters. The van der Waals surface area contributed by atoms with Crippen LogP contribution >= 0.6 is 0 Å². The zero-order valence-corrected chi connectivity index (χ0v) is 17.2. The maximum Gasteiger partial charge on any atom is 0.339 e. The lowest BCUT2D eigenvalue weighted by Gasteiger charge is -2.21. The van der Waals surface area contributed by atoms with Gasteiger partial charge in [0, 0.05) is 11.1 Å². The fourth-order valence-corrected chi connectivity index (χ4v) is 2.34. The molecule has 0 aliphatic heterocycles. The summed E-state index contributed by atoms with van der Waals surface area (Å²) in [4.78, 5) is 36.3. The summed E-state index contributed by atoms with van der Waals surface area (Å²) in [5, 5.41) is 4.73. The first-order chi connectivity index (χ1) is 13.0. The number of nitrogens with one attached hydrogen (secondary N) is 2. The van der Waals surface area contributed by atoms with Crippen LogP contribution in [0.1, 0.15) is 43.6 Å². The van der Waals surface area contributed by atoms with Crippen LogP contribution in [0.25, 0.3) is 0 Å². The van der Waals surface area contributed by atoms with Crippen molar-refractivity contribution in [3.63, 3.8) is 0 Å². The maximum atomic E-state index is 12.5. The Bertz CT molecular complexity index is 752. The van der Waals surface area contributed by atoms with Crippen molar-refractivity contribution in [3.05, 3.63) is 35.9 Å². The Morgan fingerprint density at radius 2 is 1.82 bits per heavy atom. The van der Waals surface area contributed by atoms with Crippen molar-refractivity contribution >= 4 is 17.9 Å². The lowest BCUT2D eigenvalue weighted by Crippen LogP contribution is -2.50. The van der Waals surface area contributed by atoms with E-state index < -0.39 is 29.6 Å². The molecule has 0 saturated carbocycles. The highest BCUT2D eigenvalue weighted by atomic mass is 16.5. The first-order valence-corrected chi connectivity index (χ1v) is 8.72. The van der Waals surface area contributed by atoms with Crippen LogP contribution in [0.5, 0.6) is 11.5 Å². The number of methoxy groups -OCH3 is 2. The topological polar surface area (TPSA) is 103 Å². The Morgan fingerprint density at radius 3 is 2.32 bits per heavy atom. The summed E-state index contributed by atoms with van der Waals surface area (Å²) < 4.78 is 15.8. The molecule has 8 nitrogen and oxygen atoms in total. The van der Waals surface area contributed by atoms with Gasteiger partial charge < -0.3 is 19.5 Å². The molecular formula is C20H28N2O6. The van der Waals surface area contributed by atoms with Crippen LogP contribution in [-0.4, -0.2) is 43.8 Å². The van der Waals surface area contributed by atoms with Crippen LogP contribution in [-0.2, 0) is 16.0 Å². The zero-order chi connectivity index (χ0) is 21.5. The van der Waals surface area contributed by atoms with Gasteiger partial charge in [-0.05, 0) is 46.2 Å². The molecule has 0 aliphatic rings. The number of imide groups is 1. The van der Waals surface area contributed by atoms with E-state index in [1.807, 2.05) is 0 Å². The van der Waals surface area contributed by atoms with Crippen LogP contribution in [0, 0.1) is 0 Å². The second-order valence-electron chi connectivity index (χ2n) is 7.10. The number of allylic oxidation sites excluding steroid dienone is 1. The number of hydrogen-bond donors (Lipinski definition) is 2. The summed E-state index contributed by atoms with van der Waals surface area (Å²) in [5.74, 6) is -0.619. The minimum absolute atomic E-state index is 0.188. The second kappa shape index (κ2) is 9.77. The van der Waals surface area contributed by atoms with Gasteiger partial charge in [0.25, 0.3) is 5.91 Å². The molecule has 28 heavy (non-hydrogen) atoms. The highest BCUT2D eigenvalue weighted by molar-refractivity contribution is 5.98. The Morgan fingerprint density at radius 1 is 1.18 bits per heavy atom. The van der Waals surface area contributed by atoms with Crippen LogP contribution in [0.15, 0.2) is 24.8 Å². The van der Waals surface area contributed by atoms with E-state index in [0.29, 0.717) is 23.5 Å². The van der Waals surface area contributed by atoms with Crippen molar-refractivity contribution in [3.8, 4) is 11.5 Å². The molecule has 2 N–H and O–H groups in total. The first kappa shape index (κ1) is 23.0. The van der Waals surface area contributed by atoms with Gasteiger partial charge in [-0.2, -0.15) is 0 Å². The number of ether oxygens (including phenoxy) is 3. The van der Waals surface area contributed by atoms with Gasteiger partial charge in [-0.1, -0.05) is 6.08 Å². The molecule has 0 heterocycles. The normalized spacial score (nSPS) is 11.8. The van der Waals surface area contributed by atoms with Gasteiger partial charge in [-0.3, -0.25) is 10.1 Å². The van der Waals surface area contributed by atoms with Crippen molar-refractivity contribution in [2.45, 2.75) is 45.8 Å². The third-order valence-corrected chi connectivity index (χ3v) is 3.53. The van der Waals surface area contributed by atoms with Crippen LogP contribution in [0.4, 0.5) is 4.79 Å². The molecule has 0 spiro atoms. The van der Waals surface area contributed by atoms with Gasteiger partial charge in [0.2, 0.25) is 0 Å². The van der Waals surface area contributed by atoms with Crippen LogP contribution < -0.4 is 20.1 Å². The molecule has 1 atom stereocenters. The molecule has 0 fully saturated rings. The predicted molar refractivity (Wildman–Crippen MR) is 105 cm³/mol. The highest BCUT2D eigenvalue weighted by Crippen LogP contribution is 2.33. The Hall–Kier alpha value is -3.03. The number of carbonyl (C=O) groups excluding carboxylic acids is 3. The van der Waals surface area contributed by atoms with Crippen molar-refractivity contribution in [1.82, 2.24) is 10.6 Å². The summed E-state index contributed by atoms with van der Waals surface area (Å²) in [6.07, 6.45) is 0.939. The molecule has 1 aromatic carbocycles. The lowest BCUT2D eigenvalue weighted by atomic mass is 10.1. The average Bonchev–Trinajstić information content (AvgIpc) is 2.59. The fourth-order valence-electron chi connectivity index (χ4n) is 2.34. The third-order valence-electron chi connectivity index (χ3n) is 3.53. The molecule has 1 rings (SSSR count). The van der Waals surface area contributed by atoms with Crippen molar-refractivity contribution in [1.29, 1.82) is 0 Å². The first-order valence-electron chi connectivity index (χ1n) is 8.72. The SMILES string of the molecule is C=CCc1cc(C(=O)OC(C)C(=O)NC(=O)NC(C)(C)C)cc(OC)c1OC. The molecule has 3 amide bonds. The summed E-state index contributed by atoms with van der Waals surface area (Å²) in [6, 6.07) is 2.38. The number of rotatable bonds is 7. The third kappa shape index (κ3) is 6.61. The van der Waals surface area contributed by atoms with Gasteiger partial charge >= 0.3 is 12.0 Å². The fraction of sp³-hybridized carbons (Fsp3) is 0.450. The average molecular weight is 392 g/mol. The van der Waals surface area contributed by atoms with Crippen molar-refractivity contribution in [2.24, 2.45) is 0 Å². The van der Waals surface area contributed by atoms with Gasteiger partial charge in [-0.15, -0.1) is 6.58 Å². The minimum atomic E-state index is -1.17. The molecule has 0 radical (unpaired) electrons. The largest absolute Gasteiger partial charge is 0.493 e. The molecular weight excluding hydrogens is 364 g/mol. The predicted octanol–water partition coefficient (Wildman–Crippen LogP) is 2.60. The zero-order valence-electron chi connectivity index (χ0n) is 17.2. The van der Waals surface area contributed by atoms with E-state index >= 15 is 0 Å². The number of benzene rings is 1. The van der Waals surface area contributed by atoms with Gasteiger partial charge in [0.05, 0.1) is 19.8 Å². The van der Waals surface area contributed by atoms with Gasteiger partial charge in [-0.25, -0.2) is 9.59 Å². The number of esters is 1. The van der Waals surface area contributed by atoms with E-state index in [2.05, 4.69) is 17.2 Å². The summed E-state index contributed by atoms with van der Waals surface area (Å²) in [6.45, 7) is 10.4. The highest BCUT2D eigenvalue weighted by Gasteiger charge is 2.24. The molecule has 0 bridgehead atoms. The Labute approximate surface area is 165 Å². The van der Waals surface area contributed by atoms with Crippen LogP contribution in [0.2, 0.25) is 0 Å². The minimum Gasteiger partial charge on any atom is -0.493 e. The number of urea groups is 1. The molecule has 0 aliphatic carbocycles. The van der Waals surface area contributed by atoms with Gasteiger partial charge in [0.15, 0.2) is 17.6 Å². The molecule has 8 heteroatoms. The molecule has 0 saturated heterocycles. The second-order valence-corrected chi connectivity index (χ2v) is 7.10. The summed E-state index contributed by atoms with van der Waals surface area (Å²) >= 11 is 0. The summed E-state index contributed by atoms with van der Waals surface area (Å²) in [5.41, 5.74) is 0.365. The standard InChI is InChI=1S/C20H28N2O6/c1-8-9-13-10-14(11-15(26-6)16(13)27-7)18(24)28-12(2)17(23)21-19(25)22-20(3,4)5/h8,10-12H,1,9H2,2-7H3,(H2,21,22,23,25). The summed E-state index contributed by atoms with van der Waals surface area (Å²) in [7, 11) is 2.95. The Balaban J connectivity index is 2.91. The number of carbonyl (C=O) groups is 3. The maximum absolute atomic E-state index is 12.5. The number of amides is 3. The van der Waals surface area contributed by atoms with E-state index in [-0.39, 0.29) is 5.56 Å².